The highest BCUT2D eigenvalue weighted by Crippen LogP contribution is 2.22. The standard InChI is InChI=1S/C17H16BrN3O/c1-3-14-11(2)21-10-12(8-9-16(21)19-14)17(22)20-15-7-5-4-6-13(15)18/h4-10H,3H2,1-2H3,(H,20,22). The molecule has 0 spiro atoms. The van der Waals surface area contributed by atoms with Crippen LogP contribution in [0.1, 0.15) is 28.7 Å². The van der Waals surface area contributed by atoms with Gasteiger partial charge in [0.05, 0.1) is 16.9 Å². The first kappa shape index (κ1) is 14.8. The molecule has 1 amide bonds. The molecular weight excluding hydrogens is 342 g/mol. The molecule has 0 radical (unpaired) electrons. The molecule has 22 heavy (non-hydrogen) atoms. The molecule has 0 fully saturated rings. The minimum Gasteiger partial charge on any atom is -0.321 e. The normalized spacial score (nSPS) is 10.9. The Hall–Kier alpha value is -2.14. The average molecular weight is 358 g/mol. The van der Waals surface area contributed by atoms with Crippen molar-refractivity contribution in [2.75, 3.05) is 5.32 Å². The van der Waals surface area contributed by atoms with Crippen molar-refractivity contribution in [3.05, 3.63) is 64.0 Å². The summed E-state index contributed by atoms with van der Waals surface area (Å²) in [5.41, 5.74) is 4.36. The molecule has 0 saturated heterocycles. The van der Waals surface area contributed by atoms with E-state index in [-0.39, 0.29) is 5.91 Å². The number of para-hydroxylation sites is 1. The Kier molecular flexibility index (Phi) is 3.98. The summed E-state index contributed by atoms with van der Waals surface area (Å²) in [6.45, 7) is 4.10. The maximum absolute atomic E-state index is 12.4. The van der Waals surface area contributed by atoms with E-state index in [1.54, 1.807) is 6.07 Å². The van der Waals surface area contributed by atoms with Crippen molar-refractivity contribution in [2.24, 2.45) is 0 Å². The highest BCUT2D eigenvalue weighted by molar-refractivity contribution is 9.10. The highest BCUT2D eigenvalue weighted by Gasteiger charge is 2.12. The van der Waals surface area contributed by atoms with Crippen LogP contribution in [0.2, 0.25) is 0 Å². The van der Waals surface area contributed by atoms with Crippen molar-refractivity contribution in [3.8, 4) is 0 Å². The summed E-state index contributed by atoms with van der Waals surface area (Å²) in [4.78, 5) is 17.0. The Morgan fingerprint density at radius 2 is 2.05 bits per heavy atom. The minimum absolute atomic E-state index is 0.139. The number of halogens is 1. The van der Waals surface area contributed by atoms with Gasteiger partial charge in [0.25, 0.3) is 5.91 Å². The zero-order valence-electron chi connectivity index (χ0n) is 12.4. The van der Waals surface area contributed by atoms with E-state index in [0.29, 0.717) is 5.56 Å². The van der Waals surface area contributed by atoms with Crippen molar-refractivity contribution in [1.29, 1.82) is 0 Å². The number of carbonyl (C=O) groups excluding carboxylic acids is 1. The van der Waals surface area contributed by atoms with Crippen LogP contribution in [0.25, 0.3) is 5.65 Å². The van der Waals surface area contributed by atoms with E-state index in [1.165, 1.54) is 0 Å². The molecule has 1 aromatic carbocycles. The zero-order valence-corrected chi connectivity index (χ0v) is 14.0. The van der Waals surface area contributed by atoms with E-state index in [9.17, 15) is 4.79 Å². The van der Waals surface area contributed by atoms with Crippen LogP contribution >= 0.6 is 15.9 Å². The third-order valence-corrected chi connectivity index (χ3v) is 4.37. The predicted octanol–water partition coefficient (Wildman–Crippen LogP) is 4.22. The van der Waals surface area contributed by atoms with E-state index in [0.717, 1.165) is 33.6 Å². The van der Waals surface area contributed by atoms with Gasteiger partial charge >= 0.3 is 0 Å². The zero-order chi connectivity index (χ0) is 15.7. The summed E-state index contributed by atoms with van der Waals surface area (Å²) in [6, 6.07) is 11.2. The molecule has 3 aromatic rings. The lowest BCUT2D eigenvalue weighted by molar-refractivity contribution is 0.102. The number of fused-ring (bicyclic) bond motifs is 1. The Bertz CT molecular complexity index is 854. The quantitative estimate of drug-likeness (QED) is 0.762. The Morgan fingerprint density at radius 1 is 1.27 bits per heavy atom. The fraction of sp³-hybridized carbons (Fsp3) is 0.176. The maximum Gasteiger partial charge on any atom is 0.257 e. The molecule has 0 aliphatic carbocycles. The fourth-order valence-corrected chi connectivity index (χ4v) is 2.82. The van der Waals surface area contributed by atoms with Crippen LogP contribution in [0.15, 0.2) is 47.1 Å². The molecule has 0 atom stereocenters. The van der Waals surface area contributed by atoms with Crippen LogP contribution in [-0.4, -0.2) is 15.3 Å². The van der Waals surface area contributed by atoms with Gasteiger partial charge in [0.1, 0.15) is 5.65 Å². The second-order valence-corrected chi connectivity index (χ2v) is 5.93. The number of hydrogen-bond donors (Lipinski definition) is 1. The minimum atomic E-state index is -0.139. The summed E-state index contributed by atoms with van der Waals surface area (Å²) in [5, 5.41) is 2.91. The van der Waals surface area contributed by atoms with Crippen LogP contribution < -0.4 is 5.32 Å². The first-order chi connectivity index (χ1) is 10.6. The van der Waals surface area contributed by atoms with Gasteiger partial charge in [-0.1, -0.05) is 19.1 Å². The molecule has 5 heteroatoms. The van der Waals surface area contributed by atoms with Crippen LogP contribution in [0.5, 0.6) is 0 Å². The summed E-state index contributed by atoms with van der Waals surface area (Å²) in [6.07, 6.45) is 2.72. The third kappa shape index (κ3) is 2.64. The van der Waals surface area contributed by atoms with Gasteiger partial charge in [-0.05, 0) is 53.5 Å². The lowest BCUT2D eigenvalue weighted by atomic mass is 10.2. The smallest absolute Gasteiger partial charge is 0.257 e. The first-order valence-electron chi connectivity index (χ1n) is 7.13. The molecule has 1 N–H and O–H groups in total. The van der Waals surface area contributed by atoms with Crippen LogP contribution in [0.4, 0.5) is 5.69 Å². The van der Waals surface area contributed by atoms with Crippen LogP contribution in [0.3, 0.4) is 0 Å². The van der Waals surface area contributed by atoms with Gasteiger partial charge < -0.3 is 9.72 Å². The van der Waals surface area contributed by atoms with Gasteiger partial charge in [-0.2, -0.15) is 0 Å². The van der Waals surface area contributed by atoms with E-state index in [1.807, 2.05) is 47.9 Å². The number of benzene rings is 1. The van der Waals surface area contributed by atoms with E-state index in [4.69, 9.17) is 0 Å². The lowest BCUT2D eigenvalue weighted by Gasteiger charge is -2.08. The highest BCUT2D eigenvalue weighted by atomic mass is 79.9. The number of pyridine rings is 1. The molecule has 0 aliphatic heterocycles. The Labute approximate surface area is 137 Å². The van der Waals surface area contributed by atoms with Crippen molar-refractivity contribution in [3.63, 3.8) is 0 Å². The second-order valence-electron chi connectivity index (χ2n) is 5.08. The molecule has 0 unspecified atom stereocenters. The van der Waals surface area contributed by atoms with Gasteiger partial charge in [0.15, 0.2) is 0 Å². The average Bonchev–Trinajstić information content (AvgIpc) is 2.85. The van der Waals surface area contributed by atoms with Crippen LogP contribution in [0, 0.1) is 6.92 Å². The number of amides is 1. The van der Waals surface area contributed by atoms with Crippen molar-refractivity contribution >= 4 is 33.2 Å². The van der Waals surface area contributed by atoms with Gasteiger partial charge in [-0.25, -0.2) is 4.98 Å². The number of aryl methyl sites for hydroxylation is 2. The van der Waals surface area contributed by atoms with Gasteiger partial charge in [-0.3, -0.25) is 4.79 Å². The van der Waals surface area contributed by atoms with Gasteiger partial charge in [0.2, 0.25) is 0 Å². The molecule has 0 aliphatic rings. The topological polar surface area (TPSA) is 46.4 Å². The monoisotopic (exact) mass is 357 g/mol. The number of rotatable bonds is 3. The largest absolute Gasteiger partial charge is 0.321 e. The van der Waals surface area contributed by atoms with Gasteiger partial charge in [-0.15, -0.1) is 0 Å². The summed E-state index contributed by atoms with van der Waals surface area (Å²) >= 11 is 3.43. The lowest BCUT2D eigenvalue weighted by Crippen LogP contribution is -2.13. The SMILES string of the molecule is CCc1nc2ccc(C(=O)Nc3ccccc3Br)cn2c1C. The summed E-state index contributed by atoms with van der Waals surface area (Å²) < 4.78 is 2.82. The predicted molar refractivity (Wildman–Crippen MR) is 91.4 cm³/mol. The molecular formula is C17H16BrN3O. The first-order valence-corrected chi connectivity index (χ1v) is 7.93. The van der Waals surface area contributed by atoms with Crippen molar-refractivity contribution < 1.29 is 4.79 Å². The number of hydrogen-bond acceptors (Lipinski definition) is 2. The van der Waals surface area contributed by atoms with E-state index in [2.05, 4.69) is 33.2 Å². The number of aromatic nitrogens is 2. The van der Waals surface area contributed by atoms with Crippen molar-refractivity contribution in [2.45, 2.75) is 20.3 Å². The van der Waals surface area contributed by atoms with E-state index < -0.39 is 0 Å². The third-order valence-electron chi connectivity index (χ3n) is 3.67. The number of imidazole rings is 1. The Balaban J connectivity index is 1.94. The molecule has 0 bridgehead atoms. The van der Waals surface area contributed by atoms with E-state index >= 15 is 0 Å². The van der Waals surface area contributed by atoms with Crippen molar-refractivity contribution in [1.82, 2.24) is 9.38 Å². The number of carbonyl (C=O) groups is 1. The summed E-state index contributed by atoms with van der Waals surface area (Å²) in [5.74, 6) is -0.139. The molecule has 2 aromatic heterocycles. The van der Waals surface area contributed by atoms with Crippen LogP contribution in [-0.2, 0) is 6.42 Å². The molecule has 2 heterocycles. The molecule has 0 saturated carbocycles. The number of anilines is 1. The molecule has 3 rings (SSSR count). The number of nitrogens with zero attached hydrogens (tertiary/aromatic N) is 2. The number of nitrogens with one attached hydrogen (secondary N) is 1. The van der Waals surface area contributed by atoms with Gasteiger partial charge in [0, 0.05) is 16.4 Å². The molecule has 112 valence electrons. The Morgan fingerprint density at radius 3 is 2.77 bits per heavy atom. The maximum atomic E-state index is 12.4. The second kappa shape index (κ2) is 5.93. The fourth-order valence-electron chi connectivity index (χ4n) is 2.44. The molecule has 4 nitrogen and oxygen atoms in total. The summed E-state index contributed by atoms with van der Waals surface area (Å²) in [7, 11) is 0.